The van der Waals surface area contributed by atoms with Crippen LogP contribution in [0.5, 0.6) is 0 Å². The lowest BCUT2D eigenvalue weighted by Crippen LogP contribution is -2.16. The van der Waals surface area contributed by atoms with E-state index < -0.39 is 0 Å². The molecule has 1 amide bonds. The molecule has 0 saturated carbocycles. The number of amides is 1. The van der Waals surface area contributed by atoms with E-state index in [9.17, 15) is 9.59 Å². The van der Waals surface area contributed by atoms with Crippen molar-refractivity contribution in [2.24, 2.45) is 0 Å². The van der Waals surface area contributed by atoms with Crippen LogP contribution in [0.25, 0.3) is 16.9 Å². The van der Waals surface area contributed by atoms with Crippen LogP contribution >= 0.6 is 0 Å². The van der Waals surface area contributed by atoms with Crippen molar-refractivity contribution in [2.45, 2.75) is 6.92 Å². The Morgan fingerprint density at radius 3 is 2.21 bits per heavy atom. The number of aromatic nitrogens is 4. The molecule has 3 aromatic carbocycles. The van der Waals surface area contributed by atoms with Crippen LogP contribution in [0.15, 0.2) is 91.0 Å². The second kappa shape index (κ2) is 8.47. The van der Waals surface area contributed by atoms with Crippen LogP contribution in [0, 0.1) is 6.92 Å². The number of nitrogens with zero attached hydrogens (tertiary/aromatic N) is 4. The van der Waals surface area contributed by atoms with E-state index in [-0.39, 0.29) is 11.7 Å². The summed E-state index contributed by atoms with van der Waals surface area (Å²) in [6.45, 7) is 1.84. The van der Waals surface area contributed by atoms with Crippen LogP contribution < -0.4 is 5.32 Å². The van der Waals surface area contributed by atoms with Crippen molar-refractivity contribution < 1.29 is 9.59 Å². The lowest BCUT2D eigenvalue weighted by atomic mass is 9.98. The number of carbonyl (C=O) groups excluding carboxylic acids is 2. The summed E-state index contributed by atoms with van der Waals surface area (Å²) in [5.74, 6) is 0.171. The van der Waals surface area contributed by atoms with E-state index in [4.69, 9.17) is 0 Å². The lowest BCUT2D eigenvalue weighted by Gasteiger charge is -2.10. The molecule has 5 rings (SSSR count). The molecule has 7 heteroatoms. The minimum Gasteiger partial charge on any atom is -0.322 e. The molecule has 1 N–H and O–H groups in total. The van der Waals surface area contributed by atoms with Gasteiger partial charge in [-0.2, -0.15) is 9.61 Å². The van der Waals surface area contributed by atoms with Gasteiger partial charge < -0.3 is 5.32 Å². The van der Waals surface area contributed by atoms with Crippen LogP contribution in [-0.4, -0.2) is 31.5 Å². The molecule has 7 nitrogen and oxygen atoms in total. The molecule has 0 bridgehead atoms. The Balaban J connectivity index is 1.37. The van der Waals surface area contributed by atoms with Crippen LogP contribution in [0.2, 0.25) is 0 Å². The molecule has 0 spiro atoms. The first-order valence-electron chi connectivity index (χ1n) is 10.4. The maximum atomic E-state index is 13.0. The highest BCUT2D eigenvalue weighted by Gasteiger charge is 2.18. The fraction of sp³-hybridized carbons (Fsp3) is 0.0385. The number of anilines is 1. The molecule has 0 aliphatic carbocycles. The topological polar surface area (TPSA) is 89.2 Å². The van der Waals surface area contributed by atoms with E-state index in [0.29, 0.717) is 33.8 Å². The van der Waals surface area contributed by atoms with Crippen molar-refractivity contribution in [3.63, 3.8) is 0 Å². The summed E-state index contributed by atoms with van der Waals surface area (Å²) >= 11 is 0. The predicted molar refractivity (Wildman–Crippen MR) is 125 cm³/mol. The van der Waals surface area contributed by atoms with Crippen LogP contribution in [0.4, 0.5) is 5.69 Å². The minimum absolute atomic E-state index is 0.192. The van der Waals surface area contributed by atoms with Gasteiger partial charge in [-0.15, -0.1) is 10.2 Å². The Hall–Kier alpha value is -4.65. The van der Waals surface area contributed by atoms with Gasteiger partial charge in [-0.3, -0.25) is 9.59 Å². The number of nitrogens with one attached hydrogen (secondary N) is 1. The quantitative estimate of drug-likeness (QED) is 0.410. The Bertz CT molecular complexity index is 1470. The Morgan fingerprint density at radius 1 is 0.758 bits per heavy atom. The fourth-order valence-electron chi connectivity index (χ4n) is 3.60. The third-order valence-electron chi connectivity index (χ3n) is 5.31. The second-order valence-electron chi connectivity index (χ2n) is 7.51. The van der Waals surface area contributed by atoms with E-state index in [1.165, 1.54) is 0 Å². The zero-order valence-electron chi connectivity index (χ0n) is 17.8. The molecule has 0 radical (unpaired) electrons. The molecule has 0 fully saturated rings. The summed E-state index contributed by atoms with van der Waals surface area (Å²) in [6, 6.07) is 26.9. The van der Waals surface area contributed by atoms with Crippen LogP contribution in [0.1, 0.15) is 32.1 Å². The van der Waals surface area contributed by atoms with Gasteiger partial charge in [-0.05, 0) is 37.3 Å². The number of ketones is 1. The molecular weight excluding hydrogens is 414 g/mol. The van der Waals surface area contributed by atoms with Crippen LogP contribution in [0.3, 0.4) is 0 Å². The van der Waals surface area contributed by atoms with Gasteiger partial charge in [0.05, 0.1) is 11.3 Å². The van der Waals surface area contributed by atoms with E-state index in [2.05, 4.69) is 20.6 Å². The van der Waals surface area contributed by atoms with Crippen molar-refractivity contribution in [2.75, 3.05) is 5.32 Å². The lowest BCUT2D eigenvalue weighted by molar-refractivity contribution is 0.0996. The Labute approximate surface area is 189 Å². The molecule has 2 heterocycles. The van der Waals surface area contributed by atoms with Crippen molar-refractivity contribution in [3.8, 4) is 11.3 Å². The Morgan fingerprint density at radius 2 is 1.45 bits per heavy atom. The van der Waals surface area contributed by atoms with Gasteiger partial charge in [-0.25, -0.2) is 0 Å². The van der Waals surface area contributed by atoms with Gasteiger partial charge in [0.2, 0.25) is 0 Å². The normalized spacial score (nSPS) is 10.8. The first kappa shape index (κ1) is 20.3. The average molecular weight is 433 g/mol. The highest BCUT2D eigenvalue weighted by Crippen LogP contribution is 2.21. The standard InChI is InChI=1S/C26H19N5O2/c1-17-28-29-24-16-15-23(30-31(17)24)18-11-13-20(14-12-18)27-26(33)22-10-6-5-9-21(22)25(32)19-7-3-2-4-8-19/h2-16H,1H3,(H,27,33). The first-order valence-corrected chi connectivity index (χ1v) is 10.4. The predicted octanol–water partition coefficient (Wildman–Crippen LogP) is 4.58. The number of hydrogen-bond acceptors (Lipinski definition) is 5. The molecular formula is C26H19N5O2. The molecule has 2 aromatic heterocycles. The average Bonchev–Trinajstić information content (AvgIpc) is 3.24. The molecule has 0 saturated heterocycles. The smallest absolute Gasteiger partial charge is 0.256 e. The summed E-state index contributed by atoms with van der Waals surface area (Å²) in [5, 5.41) is 15.5. The van der Waals surface area contributed by atoms with E-state index >= 15 is 0 Å². The summed E-state index contributed by atoms with van der Waals surface area (Å²) in [4.78, 5) is 25.9. The molecule has 160 valence electrons. The number of carbonyl (C=O) groups is 2. The molecule has 5 aromatic rings. The van der Waals surface area contributed by atoms with Gasteiger partial charge in [0.25, 0.3) is 5.91 Å². The third kappa shape index (κ3) is 3.99. The number of rotatable bonds is 5. The minimum atomic E-state index is -0.345. The highest BCUT2D eigenvalue weighted by molar-refractivity contribution is 6.17. The number of hydrogen-bond donors (Lipinski definition) is 1. The zero-order valence-corrected chi connectivity index (χ0v) is 17.8. The SMILES string of the molecule is Cc1nnc2ccc(-c3ccc(NC(=O)c4ccccc4C(=O)c4ccccc4)cc3)nn12. The third-order valence-corrected chi connectivity index (χ3v) is 5.31. The molecule has 0 aliphatic heterocycles. The molecule has 0 aliphatic rings. The monoisotopic (exact) mass is 433 g/mol. The van der Waals surface area contributed by atoms with Crippen molar-refractivity contribution in [1.82, 2.24) is 19.8 Å². The maximum absolute atomic E-state index is 13.0. The van der Waals surface area contributed by atoms with Gasteiger partial charge in [-0.1, -0.05) is 60.7 Å². The van der Waals surface area contributed by atoms with E-state index in [1.807, 2.05) is 37.3 Å². The molecule has 33 heavy (non-hydrogen) atoms. The van der Waals surface area contributed by atoms with Crippen molar-refractivity contribution in [3.05, 3.63) is 114 Å². The van der Waals surface area contributed by atoms with Crippen molar-refractivity contribution in [1.29, 1.82) is 0 Å². The largest absolute Gasteiger partial charge is 0.322 e. The summed E-state index contributed by atoms with van der Waals surface area (Å²) in [7, 11) is 0. The van der Waals surface area contributed by atoms with E-state index in [1.54, 1.807) is 65.2 Å². The van der Waals surface area contributed by atoms with Gasteiger partial charge in [0, 0.05) is 22.4 Å². The van der Waals surface area contributed by atoms with Crippen molar-refractivity contribution >= 4 is 23.0 Å². The van der Waals surface area contributed by atoms with Gasteiger partial charge >= 0.3 is 0 Å². The second-order valence-corrected chi connectivity index (χ2v) is 7.51. The number of fused-ring (bicyclic) bond motifs is 1. The molecule has 0 unspecified atom stereocenters. The summed E-state index contributed by atoms with van der Waals surface area (Å²) in [6.07, 6.45) is 0. The summed E-state index contributed by atoms with van der Waals surface area (Å²) in [5.41, 5.74) is 4.18. The zero-order chi connectivity index (χ0) is 22.8. The maximum Gasteiger partial charge on any atom is 0.256 e. The van der Waals surface area contributed by atoms with Gasteiger partial charge in [0.1, 0.15) is 0 Å². The van der Waals surface area contributed by atoms with Gasteiger partial charge in [0.15, 0.2) is 17.3 Å². The van der Waals surface area contributed by atoms with Crippen LogP contribution in [-0.2, 0) is 0 Å². The molecule has 0 atom stereocenters. The number of aryl methyl sites for hydroxylation is 1. The van der Waals surface area contributed by atoms with E-state index in [0.717, 1.165) is 11.3 Å². The first-order chi connectivity index (χ1) is 16.1. The Kier molecular flexibility index (Phi) is 5.20. The highest BCUT2D eigenvalue weighted by atomic mass is 16.2. The number of benzene rings is 3. The fourth-order valence-corrected chi connectivity index (χ4v) is 3.60. The summed E-state index contributed by atoms with van der Waals surface area (Å²) < 4.78 is 1.69.